The first-order valence-electron chi connectivity index (χ1n) is 7.20. The van der Waals surface area contributed by atoms with Gasteiger partial charge < -0.3 is 15.2 Å². The number of aliphatic hydroxyl groups excluding tert-OH is 1. The Labute approximate surface area is 125 Å². The summed E-state index contributed by atoms with van der Waals surface area (Å²) < 4.78 is 5.35. The van der Waals surface area contributed by atoms with E-state index in [1.165, 1.54) is 0 Å². The number of hydrogen-bond acceptors (Lipinski definition) is 4. The van der Waals surface area contributed by atoms with Crippen LogP contribution in [0.15, 0.2) is 18.3 Å². The van der Waals surface area contributed by atoms with Gasteiger partial charge in [-0.15, -0.1) is 0 Å². The van der Waals surface area contributed by atoms with Crippen molar-refractivity contribution in [2.45, 2.75) is 26.2 Å². The Kier molecular flexibility index (Phi) is 8.85. The molecule has 0 aromatic carbocycles. The van der Waals surface area contributed by atoms with E-state index in [9.17, 15) is 4.79 Å². The molecule has 0 aliphatic carbocycles. The fourth-order valence-electron chi connectivity index (χ4n) is 1.61. The van der Waals surface area contributed by atoms with Gasteiger partial charge in [-0.25, -0.2) is 4.98 Å². The summed E-state index contributed by atoms with van der Waals surface area (Å²) in [6.45, 7) is 4.00. The van der Waals surface area contributed by atoms with Crippen LogP contribution in [0.5, 0.6) is 0 Å². The number of carbonyl (C=O) groups excluding carboxylic acids is 1. The molecular weight excluding hydrogens is 268 g/mol. The first-order valence-corrected chi connectivity index (χ1v) is 7.20. The van der Waals surface area contributed by atoms with Crippen LogP contribution >= 0.6 is 0 Å². The highest BCUT2D eigenvalue weighted by Gasteiger charge is 2.10. The van der Waals surface area contributed by atoms with Crippen molar-refractivity contribution >= 4 is 5.91 Å². The molecule has 0 fully saturated rings. The number of carbonyl (C=O) groups is 1. The van der Waals surface area contributed by atoms with E-state index in [1.807, 2.05) is 0 Å². The molecular formula is C16H22N2O3. The Hall–Kier alpha value is -1.90. The van der Waals surface area contributed by atoms with Crippen LogP contribution in [-0.2, 0) is 4.74 Å². The molecule has 1 aromatic heterocycles. The van der Waals surface area contributed by atoms with Gasteiger partial charge in [-0.1, -0.05) is 18.8 Å². The van der Waals surface area contributed by atoms with E-state index in [-0.39, 0.29) is 12.5 Å². The van der Waals surface area contributed by atoms with Crippen LogP contribution in [0.4, 0.5) is 0 Å². The van der Waals surface area contributed by atoms with E-state index < -0.39 is 0 Å². The topological polar surface area (TPSA) is 71.5 Å². The van der Waals surface area contributed by atoms with Crippen LogP contribution in [0.25, 0.3) is 0 Å². The number of rotatable bonds is 8. The van der Waals surface area contributed by atoms with Crippen molar-refractivity contribution in [1.29, 1.82) is 0 Å². The molecule has 0 radical (unpaired) electrons. The molecule has 2 N–H and O–H groups in total. The van der Waals surface area contributed by atoms with Gasteiger partial charge in [0.25, 0.3) is 5.91 Å². The maximum Gasteiger partial charge on any atom is 0.271 e. The summed E-state index contributed by atoms with van der Waals surface area (Å²) >= 11 is 0. The number of nitrogens with one attached hydrogen (secondary N) is 1. The largest absolute Gasteiger partial charge is 0.395 e. The van der Waals surface area contributed by atoms with Crippen molar-refractivity contribution < 1.29 is 14.6 Å². The van der Waals surface area contributed by atoms with Gasteiger partial charge in [0.05, 0.1) is 12.2 Å². The predicted molar refractivity (Wildman–Crippen MR) is 80.9 cm³/mol. The predicted octanol–water partition coefficient (Wildman–Crippen LogP) is 1.36. The van der Waals surface area contributed by atoms with Crippen LogP contribution in [0.2, 0.25) is 0 Å². The van der Waals surface area contributed by atoms with Crippen LogP contribution in [-0.4, -0.2) is 42.4 Å². The number of pyridine rings is 1. The Morgan fingerprint density at radius 2 is 2.33 bits per heavy atom. The lowest BCUT2D eigenvalue weighted by Crippen LogP contribution is -2.27. The van der Waals surface area contributed by atoms with Crippen LogP contribution in [0, 0.1) is 11.8 Å². The molecule has 0 saturated carbocycles. The number of ether oxygens (including phenoxy) is 1. The van der Waals surface area contributed by atoms with E-state index in [2.05, 4.69) is 29.1 Å². The minimum Gasteiger partial charge on any atom is -0.395 e. The molecule has 0 spiro atoms. The Balaban J connectivity index is 2.48. The Morgan fingerprint density at radius 3 is 3.10 bits per heavy atom. The molecule has 114 valence electrons. The highest BCUT2D eigenvalue weighted by Crippen LogP contribution is 2.03. The molecule has 0 aliphatic rings. The Morgan fingerprint density at radius 1 is 1.48 bits per heavy atom. The molecule has 5 nitrogen and oxygen atoms in total. The van der Waals surface area contributed by atoms with E-state index in [0.717, 1.165) is 19.4 Å². The van der Waals surface area contributed by atoms with Crippen molar-refractivity contribution in [2.24, 2.45) is 0 Å². The maximum absolute atomic E-state index is 12.1. The second kappa shape index (κ2) is 10.8. The molecule has 5 heteroatoms. The summed E-state index contributed by atoms with van der Waals surface area (Å²) in [6.07, 6.45) is 3.71. The fraction of sp³-hybridized carbons (Fsp3) is 0.500. The third-order valence-electron chi connectivity index (χ3n) is 2.58. The molecule has 0 saturated heterocycles. The van der Waals surface area contributed by atoms with Crippen molar-refractivity contribution in [3.63, 3.8) is 0 Å². The molecule has 0 atom stereocenters. The summed E-state index contributed by atoms with van der Waals surface area (Å²) in [5.74, 6) is 5.42. The molecule has 1 rings (SSSR count). The normalized spacial score (nSPS) is 9.81. The number of hydrogen-bond donors (Lipinski definition) is 2. The van der Waals surface area contributed by atoms with Crippen molar-refractivity contribution in [1.82, 2.24) is 10.3 Å². The first kappa shape index (κ1) is 17.2. The zero-order valence-electron chi connectivity index (χ0n) is 12.4. The molecule has 0 bridgehead atoms. The number of amides is 1. The summed E-state index contributed by atoms with van der Waals surface area (Å²) in [5, 5.41) is 11.5. The van der Waals surface area contributed by atoms with Gasteiger partial charge in [0, 0.05) is 32.4 Å². The van der Waals surface area contributed by atoms with E-state index in [4.69, 9.17) is 9.84 Å². The molecule has 0 aliphatic heterocycles. The number of aliphatic hydroxyl groups is 1. The van der Waals surface area contributed by atoms with E-state index >= 15 is 0 Å². The minimum atomic E-state index is -0.237. The average molecular weight is 290 g/mol. The van der Waals surface area contributed by atoms with Gasteiger partial charge in [0.1, 0.15) is 5.69 Å². The SMILES string of the molecule is CCCOCCCNC(=O)c1ncccc1C#CCCO. The van der Waals surface area contributed by atoms with E-state index in [1.54, 1.807) is 18.3 Å². The van der Waals surface area contributed by atoms with Crippen molar-refractivity contribution in [3.05, 3.63) is 29.6 Å². The van der Waals surface area contributed by atoms with Crippen LogP contribution in [0.3, 0.4) is 0 Å². The molecule has 1 heterocycles. The summed E-state index contributed by atoms with van der Waals surface area (Å²) in [7, 11) is 0. The van der Waals surface area contributed by atoms with Gasteiger partial charge in [-0.05, 0) is 25.0 Å². The van der Waals surface area contributed by atoms with Crippen molar-refractivity contribution in [2.75, 3.05) is 26.4 Å². The standard InChI is InChI=1S/C16H22N2O3/c1-2-12-21-13-6-10-18-16(20)15-14(7-3-4-11-19)8-5-9-17-15/h5,8-9,19H,2,4,6,10-13H2,1H3,(H,18,20). The van der Waals surface area contributed by atoms with Gasteiger partial charge in [-0.3, -0.25) is 4.79 Å². The smallest absolute Gasteiger partial charge is 0.271 e. The van der Waals surface area contributed by atoms with Gasteiger partial charge >= 0.3 is 0 Å². The second-order valence-corrected chi connectivity index (χ2v) is 4.40. The third-order valence-corrected chi connectivity index (χ3v) is 2.58. The molecule has 1 aromatic rings. The maximum atomic E-state index is 12.1. The molecule has 0 unspecified atom stereocenters. The summed E-state index contributed by atoms with van der Waals surface area (Å²) in [5.41, 5.74) is 0.892. The minimum absolute atomic E-state index is 0.00650. The van der Waals surface area contributed by atoms with Gasteiger partial charge in [-0.2, -0.15) is 0 Å². The highest BCUT2D eigenvalue weighted by atomic mass is 16.5. The Bertz CT molecular complexity index is 492. The molecule has 21 heavy (non-hydrogen) atoms. The van der Waals surface area contributed by atoms with E-state index in [0.29, 0.717) is 30.8 Å². The number of aromatic nitrogens is 1. The second-order valence-electron chi connectivity index (χ2n) is 4.40. The average Bonchev–Trinajstić information content (AvgIpc) is 2.51. The third kappa shape index (κ3) is 6.89. The first-order chi connectivity index (χ1) is 10.3. The quantitative estimate of drug-likeness (QED) is 0.560. The lowest BCUT2D eigenvalue weighted by Gasteiger charge is -2.06. The van der Waals surface area contributed by atoms with Gasteiger partial charge in [0.15, 0.2) is 0 Å². The molecule has 1 amide bonds. The van der Waals surface area contributed by atoms with Crippen molar-refractivity contribution in [3.8, 4) is 11.8 Å². The lowest BCUT2D eigenvalue weighted by molar-refractivity contribution is 0.0936. The monoisotopic (exact) mass is 290 g/mol. The summed E-state index contributed by atoms with van der Waals surface area (Å²) in [6, 6.07) is 3.48. The zero-order chi connectivity index (χ0) is 15.3. The zero-order valence-corrected chi connectivity index (χ0v) is 12.4. The lowest BCUT2D eigenvalue weighted by atomic mass is 10.2. The summed E-state index contributed by atoms with van der Waals surface area (Å²) in [4.78, 5) is 16.1. The highest BCUT2D eigenvalue weighted by molar-refractivity contribution is 5.94. The number of nitrogens with zero attached hydrogens (tertiary/aromatic N) is 1. The van der Waals surface area contributed by atoms with Gasteiger partial charge in [0.2, 0.25) is 0 Å². The van der Waals surface area contributed by atoms with Crippen LogP contribution in [0.1, 0.15) is 42.2 Å². The fourth-order valence-corrected chi connectivity index (χ4v) is 1.61. The van der Waals surface area contributed by atoms with Crippen LogP contribution < -0.4 is 5.32 Å².